The number of anilines is 2. The summed E-state index contributed by atoms with van der Waals surface area (Å²) in [6.07, 6.45) is 1.65. The number of amides is 1. The zero-order valence-corrected chi connectivity index (χ0v) is 17.8. The van der Waals surface area contributed by atoms with E-state index in [0.29, 0.717) is 41.8 Å². The van der Waals surface area contributed by atoms with Gasteiger partial charge >= 0.3 is 0 Å². The van der Waals surface area contributed by atoms with Crippen molar-refractivity contribution in [2.24, 2.45) is 0 Å². The maximum atomic E-state index is 12.7. The molecule has 2 N–H and O–H groups in total. The predicted molar refractivity (Wildman–Crippen MR) is 113 cm³/mol. The molecule has 1 aromatic heterocycles. The van der Waals surface area contributed by atoms with Crippen LogP contribution < -0.4 is 14.9 Å². The molecule has 0 saturated carbocycles. The Bertz CT molecular complexity index is 940. The van der Waals surface area contributed by atoms with Crippen molar-refractivity contribution in [1.29, 1.82) is 0 Å². The summed E-state index contributed by atoms with van der Waals surface area (Å²) in [6, 6.07) is 9.04. The third kappa shape index (κ3) is 5.92. The van der Waals surface area contributed by atoms with Gasteiger partial charge in [0.2, 0.25) is 10.0 Å². The van der Waals surface area contributed by atoms with Gasteiger partial charge < -0.3 is 15.0 Å². The number of sulfonamides is 1. The molecule has 28 heavy (non-hydrogen) atoms. The molecule has 10 heteroatoms. The summed E-state index contributed by atoms with van der Waals surface area (Å²) < 4.78 is 30.1. The van der Waals surface area contributed by atoms with Gasteiger partial charge in [-0.1, -0.05) is 11.6 Å². The van der Waals surface area contributed by atoms with Gasteiger partial charge in [-0.2, -0.15) is 0 Å². The molecule has 0 atom stereocenters. The molecule has 1 aliphatic rings. The van der Waals surface area contributed by atoms with Crippen molar-refractivity contribution in [3.63, 3.8) is 0 Å². The van der Waals surface area contributed by atoms with Gasteiger partial charge in [-0.05, 0) is 36.8 Å². The maximum absolute atomic E-state index is 12.7. The molecule has 0 bridgehead atoms. The fourth-order valence-corrected chi connectivity index (χ4v) is 4.41. The SMILES string of the molecule is CS(=O)(=O)NCCc1ccc(C(=O)Nc2cc(Cl)ccc2N2CCOCC2)s1. The number of nitrogens with zero attached hydrogens (tertiary/aromatic N) is 1. The van der Waals surface area contributed by atoms with E-state index >= 15 is 0 Å². The van der Waals surface area contributed by atoms with Gasteiger partial charge in [0.15, 0.2) is 0 Å². The first-order valence-electron chi connectivity index (χ1n) is 8.79. The van der Waals surface area contributed by atoms with Gasteiger partial charge in [0.25, 0.3) is 5.91 Å². The highest BCUT2D eigenvalue weighted by atomic mass is 35.5. The first kappa shape index (κ1) is 21.1. The number of halogens is 1. The van der Waals surface area contributed by atoms with Crippen LogP contribution in [-0.4, -0.2) is 53.4 Å². The molecule has 7 nitrogen and oxygen atoms in total. The van der Waals surface area contributed by atoms with Crippen molar-refractivity contribution >= 4 is 50.2 Å². The highest BCUT2D eigenvalue weighted by Crippen LogP contribution is 2.31. The minimum atomic E-state index is -3.21. The van der Waals surface area contributed by atoms with Gasteiger partial charge in [-0.3, -0.25) is 4.79 Å². The molecule has 0 radical (unpaired) electrons. The van der Waals surface area contributed by atoms with Crippen LogP contribution in [0.1, 0.15) is 14.5 Å². The number of ether oxygens (including phenoxy) is 1. The Morgan fingerprint density at radius 1 is 1.25 bits per heavy atom. The Hall–Kier alpha value is -1.65. The summed E-state index contributed by atoms with van der Waals surface area (Å²) in [5.74, 6) is -0.218. The van der Waals surface area contributed by atoms with Gasteiger partial charge in [-0.25, -0.2) is 13.1 Å². The number of carbonyl (C=O) groups excluding carboxylic acids is 1. The number of carbonyl (C=O) groups is 1. The number of hydrogen-bond donors (Lipinski definition) is 2. The Morgan fingerprint density at radius 2 is 2.00 bits per heavy atom. The molecule has 1 aliphatic heterocycles. The molecule has 2 aromatic rings. The van der Waals surface area contributed by atoms with Crippen LogP contribution in [0.2, 0.25) is 5.02 Å². The van der Waals surface area contributed by atoms with Gasteiger partial charge in [-0.15, -0.1) is 11.3 Å². The second-order valence-electron chi connectivity index (χ2n) is 6.40. The van der Waals surface area contributed by atoms with Crippen LogP contribution in [0.15, 0.2) is 30.3 Å². The number of hydrogen-bond acceptors (Lipinski definition) is 6. The second-order valence-corrected chi connectivity index (χ2v) is 9.84. The number of nitrogens with one attached hydrogen (secondary N) is 2. The van der Waals surface area contributed by atoms with E-state index in [1.807, 2.05) is 12.1 Å². The van der Waals surface area contributed by atoms with E-state index in [1.165, 1.54) is 11.3 Å². The van der Waals surface area contributed by atoms with Crippen molar-refractivity contribution in [3.8, 4) is 0 Å². The minimum Gasteiger partial charge on any atom is -0.378 e. The third-order valence-corrected chi connectivity index (χ3v) is 6.29. The fraction of sp³-hybridized carbons (Fsp3) is 0.389. The lowest BCUT2D eigenvalue weighted by atomic mass is 10.2. The summed E-state index contributed by atoms with van der Waals surface area (Å²) in [5.41, 5.74) is 1.57. The number of rotatable bonds is 7. The van der Waals surface area contributed by atoms with E-state index in [1.54, 1.807) is 18.2 Å². The van der Waals surface area contributed by atoms with E-state index in [-0.39, 0.29) is 5.91 Å². The molecule has 152 valence electrons. The van der Waals surface area contributed by atoms with E-state index in [4.69, 9.17) is 16.3 Å². The van der Waals surface area contributed by atoms with E-state index in [0.717, 1.165) is 29.9 Å². The average molecular weight is 444 g/mol. The normalized spacial score (nSPS) is 14.9. The summed E-state index contributed by atoms with van der Waals surface area (Å²) in [6.45, 7) is 3.09. The van der Waals surface area contributed by atoms with Crippen LogP contribution in [0.4, 0.5) is 11.4 Å². The van der Waals surface area contributed by atoms with Crippen molar-refractivity contribution in [2.45, 2.75) is 6.42 Å². The Kier molecular flexibility index (Phi) is 6.95. The molecule has 0 unspecified atom stereocenters. The van der Waals surface area contributed by atoms with Gasteiger partial charge in [0.1, 0.15) is 0 Å². The van der Waals surface area contributed by atoms with Crippen LogP contribution in [0.25, 0.3) is 0 Å². The summed E-state index contributed by atoms with van der Waals surface area (Å²) in [7, 11) is -3.21. The summed E-state index contributed by atoms with van der Waals surface area (Å²) >= 11 is 7.48. The molecule has 0 aliphatic carbocycles. The van der Waals surface area contributed by atoms with Crippen LogP contribution in [0.5, 0.6) is 0 Å². The van der Waals surface area contributed by atoms with Crippen molar-refractivity contribution in [2.75, 3.05) is 49.3 Å². The fourth-order valence-electron chi connectivity index (χ4n) is 2.87. The lowest BCUT2D eigenvalue weighted by Crippen LogP contribution is -2.36. The highest BCUT2D eigenvalue weighted by molar-refractivity contribution is 7.88. The van der Waals surface area contributed by atoms with Crippen LogP contribution in [0, 0.1) is 0 Å². The molecule has 2 heterocycles. The lowest BCUT2D eigenvalue weighted by molar-refractivity contribution is 0.103. The first-order chi connectivity index (χ1) is 13.3. The summed E-state index contributed by atoms with van der Waals surface area (Å²) in [5, 5.41) is 3.50. The van der Waals surface area contributed by atoms with Crippen LogP contribution in [0.3, 0.4) is 0 Å². The molecular weight excluding hydrogens is 422 g/mol. The first-order valence-corrected chi connectivity index (χ1v) is 11.9. The van der Waals surface area contributed by atoms with Gasteiger partial charge in [0, 0.05) is 29.5 Å². The third-order valence-electron chi connectivity index (χ3n) is 4.18. The molecule has 1 amide bonds. The number of thiophene rings is 1. The van der Waals surface area contributed by atoms with Crippen molar-refractivity contribution < 1.29 is 17.9 Å². The zero-order valence-electron chi connectivity index (χ0n) is 15.4. The Labute approximate surface area is 173 Å². The van der Waals surface area contributed by atoms with E-state index < -0.39 is 10.0 Å². The quantitative estimate of drug-likeness (QED) is 0.686. The Morgan fingerprint density at radius 3 is 2.71 bits per heavy atom. The molecule has 0 spiro atoms. The van der Waals surface area contributed by atoms with E-state index in [2.05, 4.69) is 14.9 Å². The monoisotopic (exact) mass is 443 g/mol. The van der Waals surface area contributed by atoms with E-state index in [9.17, 15) is 13.2 Å². The summed E-state index contributed by atoms with van der Waals surface area (Å²) in [4.78, 5) is 16.4. The largest absolute Gasteiger partial charge is 0.378 e. The minimum absolute atomic E-state index is 0.218. The lowest BCUT2D eigenvalue weighted by Gasteiger charge is -2.30. The number of benzene rings is 1. The molecule has 3 rings (SSSR count). The number of morpholine rings is 1. The predicted octanol–water partition coefficient (Wildman–Crippen LogP) is 2.58. The van der Waals surface area contributed by atoms with Crippen molar-refractivity contribution in [3.05, 3.63) is 45.1 Å². The highest BCUT2D eigenvalue weighted by Gasteiger charge is 2.18. The van der Waals surface area contributed by atoms with Crippen molar-refractivity contribution in [1.82, 2.24) is 4.72 Å². The molecule has 1 aromatic carbocycles. The average Bonchev–Trinajstić information content (AvgIpc) is 3.10. The zero-order chi connectivity index (χ0) is 20.1. The maximum Gasteiger partial charge on any atom is 0.265 e. The second kappa shape index (κ2) is 9.23. The standard InChI is InChI=1S/C18H22ClN3O4S2/c1-28(24,25)20-7-6-14-3-5-17(27-14)18(23)21-15-12-13(19)2-4-16(15)22-8-10-26-11-9-22/h2-5,12,20H,6-11H2,1H3,(H,21,23). The van der Waals surface area contributed by atoms with Gasteiger partial charge in [0.05, 0.1) is 35.7 Å². The molecule has 1 saturated heterocycles. The molecule has 1 fully saturated rings. The Balaban J connectivity index is 1.68. The van der Waals surface area contributed by atoms with Crippen LogP contribution >= 0.6 is 22.9 Å². The molecular formula is C18H22ClN3O4S2. The topological polar surface area (TPSA) is 87.7 Å². The van der Waals surface area contributed by atoms with Crippen LogP contribution in [-0.2, 0) is 21.2 Å². The smallest absolute Gasteiger partial charge is 0.265 e.